The van der Waals surface area contributed by atoms with Gasteiger partial charge in [-0.2, -0.15) is 0 Å². The van der Waals surface area contributed by atoms with Crippen LogP contribution in [0.3, 0.4) is 0 Å². The Bertz CT molecular complexity index is 731. The van der Waals surface area contributed by atoms with Crippen molar-refractivity contribution in [3.63, 3.8) is 0 Å². The molecule has 0 saturated carbocycles. The van der Waals surface area contributed by atoms with Gasteiger partial charge in [-0.3, -0.25) is 9.69 Å². The maximum absolute atomic E-state index is 12.7. The second kappa shape index (κ2) is 9.90. The summed E-state index contributed by atoms with van der Waals surface area (Å²) in [4.78, 5) is 19.4. The van der Waals surface area contributed by atoms with Gasteiger partial charge in [0.2, 0.25) is 0 Å². The van der Waals surface area contributed by atoms with Crippen molar-refractivity contribution in [1.82, 2.24) is 20.4 Å². The first-order valence-electron chi connectivity index (χ1n) is 9.34. The Morgan fingerprint density at radius 1 is 1.26 bits per heavy atom. The second-order valence-electron chi connectivity index (χ2n) is 7.13. The molecule has 0 spiro atoms. The molecule has 1 amide bonds. The van der Waals surface area contributed by atoms with Crippen molar-refractivity contribution >= 4 is 17.7 Å². The number of rotatable bonds is 9. The van der Waals surface area contributed by atoms with Gasteiger partial charge in [0.05, 0.1) is 11.3 Å². The largest absolute Gasteiger partial charge is 0.361 e. The summed E-state index contributed by atoms with van der Waals surface area (Å²) in [7, 11) is 0. The third kappa shape index (κ3) is 5.81. The van der Waals surface area contributed by atoms with Crippen molar-refractivity contribution in [2.45, 2.75) is 64.4 Å². The molecule has 0 atom stereocenters. The zero-order chi connectivity index (χ0) is 20.0. The Kier molecular flexibility index (Phi) is 7.86. The number of amides is 1. The molecule has 0 saturated heterocycles. The van der Waals surface area contributed by atoms with Gasteiger partial charge in [-0.05, 0) is 53.7 Å². The molecule has 0 unspecified atom stereocenters. The van der Waals surface area contributed by atoms with Crippen molar-refractivity contribution in [1.29, 1.82) is 0 Å². The fourth-order valence-electron chi connectivity index (χ4n) is 3.03. The van der Waals surface area contributed by atoms with E-state index in [0.29, 0.717) is 29.9 Å². The maximum Gasteiger partial charge on any atom is 0.254 e. The van der Waals surface area contributed by atoms with Crippen LogP contribution in [0, 0.1) is 13.8 Å². The quantitative estimate of drug-likeness (QED) is 0.656. The molecular weight excluding hydrogens is 360 g/mol. The zero-order valence-electron chi connectivity index (χ0n) is 17.1. The number of nitrogens with zero attached hydrogens (tertiary/aromatic N) is 3. The number of carbonyl (C=O) groups is 1. The minimum Gasteiger partial charge on any atom is -0.361 e. The molecule has 0 fully saturated rings. The lowest BCUT2D eigenvalue weighted by Gasteiger charge is -2.30. The van der Waals surface area contributed by atoms with E-state index >= 15 is 0 Å². The summed E-state index contributed by atoms with van der Waals surface area (Å²) in [6.45, 7) is 13.9. The average Bonchev–Trinajstić information content (AvgIpc) is 2.94. The molecule has 1 N–H and O–H groups in total. The van der Waals surface area contributed by atoms with Gasteiger partial charge in [-0.25, -0.2) is 4.98 Å². The molecule has 2 rings (SSSR count). The van der Waals surface area contributed by atoms with Crippen molar-refractivity contribution < 1.29 is 9.32 Å². The third-order valence-corrected chi connectivity index (χ3v) is 5.56. The molecule has 0 bridgehead atoms. The number of aryl methyl sites for hydroxylation is 2. The summed E-state index contributed by atoms with van der Waals surface area (Å²) >= 11 is 1.53. The van der Waals surface area contributed by atoms with Crippen LogP contribution in [0.4, 0.5) is 0 Å². The fourth-order valence-corrected chi connectivity index (χ4v) is 4.18. The highest BCUT2D eigenvalue weighted by molar-refractivity contribution is 7.98. The standard InChI is InChI=1S/C20H30N4O2S/c1-13(2)24(14(3)4)11-10-21-19(25)17-8-7-9-22-20(17)27-12-18-15(5)23-26-16(18)6/h7-9,13-14H,10-12H2,1-6H3,(H,21,25). The highest BCUT2D eigenvalue weighted by Crippen LogP contribution is 2.27. The first-order valence-corrected chi connectivity index (χ1v) is 10.3. The van der Waals surface area contributed by atoms with Gasteiger partial charge >= 0.3 is 0 Å². The molecular formula is C20H30N4O2S. The molecule has 7 heteroatoms. The number of hydrogen-bond donors (Lipinski definition) is 1. The van der Waals surface area contributed by atoms with Crippen LogP contribution in [0.2, 0.25) is 0 Å². The molecule has 0 aromatic carbocycles. The Morgan fingerprint density at radius 3 is 2.56 bits per heavy atom. The van der Waals surface area contributed by atoms with Crippen LogP contribution in [0.15, 0.2) is 27.9 Å². The number of thioether (sulfide) groups is 1. The van der Waals surface area contributed by atoms with E-state index in [1.54, 1.807) is 12.3 Å². The van der Waals surface area contributed by atoms with Crippen molar-refractivity contribution in [3.05, 3.63) is 40.9 Å². The fraction of sp³-hybridized carbons (Fsp3) is 0.550. The van der Waals surface area contributed by atoms with Gasteiger partial charge in [0.1, 0.15) is 10.8 Å². The molecule has 0 aliphatic carbocycles. The van der Waals surface area contributed by atoms with Crippen molar-refractivity contribution in [2.24, 2.45) is 0 Å². The Labute approximate surface area is 166 Å². The van der Waals surface area contributed by atoms with E-state index in [9.17, 15) is 4.79 Å². The monoisotopic (exact) mass is 390 g/mol. The van der Waals surface area contributed by atoms with Crippen LogP contribution in [-0.2, 0) is 5.75 Å². The molecule has 2 aromatic rings. The smallest absolute Gasteiger partial charge is 0.254 e. The van der Waals surface area contributed by atoms with E-state index in [1.807, 2.05) is 19.9 Å². The minimum atomic E-state index is -0.0863. The molecule has 0 radical (unpaired) electrons. The van der Waals surface area contributed by atoms with Gasteiger partial charge in [0.25, 0.3) is 5.91 Å². The SMILES string of the molecule is Cc1noc(C)c1CSc1ncccc1C(=O)NCCN(C(C)C)C(C)C. The molecule has 6 nitrogen and oxygen atoms in total. The van der Waals surface area contributed by atoms with E-state index in [2.05, 4.69) is 48.1 Å². The number of pyridine rings is 1. The lowest BCUT2D eigenvalue weighted by atomic mass is 10.2. The van der Waals surface area contributed by atoms with Crippen LogP contribution in [0.25, 0.3) is 0 Å². The highest BCUT2D eigenvalue weighted by atomic mass is 32.2. The summed E-state index contributed by atoms with van der Waals surface area (Å²) in [6.07, 6.45) is 1.71. The minimum absolute atomic E-state index is 0.0863. The van der Waals surface area contributed by atoms with Crippen LogP contribution in [-0.4, -0.2) is 46.1 Å². The average molecular weight is 391 g/mol. The summed E-state index contributed by atoms with van der Waals surface area (Å²) in [5.74, 6) is 1.40. The molecule has 0 aliphatic heterocycles. The highest BCUT2D eigenvalue weighted by Gasteiger charge is 2.17. The molecule has 2 heterocycles. The summed E-state index contributed by atoms with van der Waals surface area (Å²) < 4.78 is 5.21. The normalized spacial score (nSPS) is 11.6. The van der Waals surface area contributed by atoms with Crippen LogP contribution in [0.1, 0.15) is 55.1 Å². The van der Waals surface area contributed by atoms with E-state index < -0.39 is 0 Å². The summed E-state index contributed by atoms with van der Waals surface area (Å²) in [5, 5.41) is 7.73. The first kappa shape index (κ1) is 21.4. The zero-order valence-corrected chi connectivity index (χ0v) is 17.9. The van der Waals surface area contributed by atoms with Crippen molar-refractivity contribution in [2.75, 3.05) is 13.1 Å². The van der Waals surface area contributed by atoms with Gasteiger partial charge in [-0.1, -0.05) is 5.16 Å². The predicted octanol–water partition coefficient (Wildman–Crippen LogP) is 3.83. The van der Waals surface area contributed by atoms with E-state index in [-0.39, 0.29) is 5.91 Å². The Balaban J connectivity index is 1.98. The van der Waals surface area contributed by atoms with Gasteiger partial charge in [-0.15, -0.1) is 11.8 Å². The lowest BCUT2D eigenvalue weighted by molar-refractivity contribution is 0.0936. The lowest BCUT2D eigenvalue weighted by Crippen LogP contribution is -2.42. The first-order chi connectivity index (χ1) is 12.8. The van der Waals surface area contributed by atoms with E-state index in [1.165, 1.54) is 11.8 Å². The summed E-state index contributed by atoms with van der Waals surface area (Å²) in [6, 6.07) is 4.51. The Hall–Kier alpha value is -1.86. The van der Waals surface area contributed by atoms with Crippen molar-refractivity contribution in [3.8, 4) is 0 Å². The molecule has 27 heavy (non-hydrogen) atoms. The van der Waals surface area contributed by atoms with E-state index in [4.69, 9.17) is 4.52 Å². The number of carbonyl (C=O) groups excluding carboxylic acids is 1. The molecule has 148 valence electrons. The van der Waals surface area contributed by atoms with Crippen LogP contribution < -0.4 is 5.32 Å². The van der Waals surface area contributed by atoms with E-state index in [0.717, 1.165) is 28.6 Å². The number of nitrogens with one attached hydrogen (secondary N) is 1. The van der Waals surface area contributed by atoms with Crippen LogP contribution >= 0.6 is 11.8 Å². The van der Waals surface area contributed by atoms with Crippen LogP contribution in [0.5, 0.6) is 0 Å². The summed E-state index contributed by atoms with van der Waals surface area (Å²) in [5.41, 5.74) is 2.54. The van der Waals surface area contributed by atoms with Gasteiger partial charge < -0.3 is 9.84 Å². The topological polar surface area (TPSA) is 71.3 Å². The Morgan fingerprint density at radius 2 is 1.96 bits per heavy atom. The third-order valence-electron chi connectivity index (χ3n) is 4.53. The molecule has 2 aromatic heterocycles. The molecule has 0 aliphatic rings. The second-order valence-corrected chi connectivity index (χ2v) is 8.09. The predicted molar refractivity (Wildman–Crippen MR) is 109 cm³/mol. The van der Waals surface area contributed by atoms with Gasteiger partial charge in [0, 0.05) is 42.7 Å². The maximum atomic E-state index is 12.7. The number of aromatic nitrogens is 2. The number of hydrogen-bond acceptors (Lipinski definition) is 6. The van der Waals surface area contributed by atoms with Gasteiger partial charge in [0.15, 0.2) is 0 Å².